The van der Waals surface area contributed by atoms with Gasteiger partial charge in [0.1, 0.15) is 5.75 Å². The van der Waals surface area contributed by atoms with Crippen molar-refractivity contribution in [1.29, 1.82) is 0 Å². The highest BCUT2D eigenvalue weighted by atomic mass is 16.3. The van der Waals surface area contributed by atoms with Crippen LogP contribution in [-0.4, -0.2) is 11.0 Å². The average Bonchev–Trinajstić information content (AvgIpc) is 3.19. The van der Waals surface area contributed by atoms with Crippen LogP contribution in [0, 0.1) is 0 Å². The predicted octanol–water partition coefficient (Wildman–Crippen LogP) is 10.6. The number of nitrogen functional groups attached to an aromatic ring is 4. The quantitative estimate of drug-likeness (QED) is 0.101. The van der Waals surface area contributed by atoms with Gasteiger partial charge in [-0.1, -0.05) is 127 Å². The number of aromatic hydroxyl groups is 1. The molecule has 9 aromatic carbocycles. The van der Waals surface area contributed by atoms with E-state index in [-0.39, 0.29) is 17.2 Å². The summed E-state index contributed by atoms with van der Waals surface area (Å²) in [4.78, 5) is 12.2. The van der Waals surface area contributed by atoms with Gasteiger partial charge in [-0.05, 0) is 86.2 Å². The zero-order chi connectivity index (χ0) is 37.6. The predicted molar refractivity (Wildman–Crippen MR) is 228 cm³/mol. The Balaban J connectivity index is 0.000000130. The molecule has 0 aliphatic heterocycles. The van der Waals surface area contributed by atoms with Gasteiger partial charge >= 0.3 is 0 Å². The maximum atomic E-state index is 12.2. The molecule has 0 aliphatic carbocycles. The fourth-order valence-electron chi connectivity index (χ4n) is 6.66. The molecule has 9 rings (SSSR count). The highest BCUT2D eigenvalue weighted by Gasteiger charge is 2.15. The SMILES string of the molecule is Nc1ccc2ccccc2c1-c1c(N)ccc2ccccc12.Nc1cccc2cccc(N)c12.O=C(Nc1ccccc1)c1cc2ccccc2cc1O. The van der Waals surface area contributed by atoms with Gasteiger partial charge in [0.25, 0.3) is 5.91 Å². The summed E-state index contributed by atoms with van der Waals surface area (Å²) < 4.78 is 0. The number of amides is 1. The molecule has 0 unspecified atom stereocenters. The normalized spacial score (nSPS) is 10.7. The Labute approximate surface area is 313 Å². The Morgan fingerprint density at radius 3 is 1.39 bits per heavy atom. The van der Waals surface area contributed by atoms with Crippen molar-refractivity contribution in [3.63, 3.8) is 0 Å². The minimum absolute atomic E-state index is 0.0165. The summed E-state index contributed by atoms with van der Waals surface area (Å²) >= 11 is 0. The largest absolute Gasteiger partial charge is 0.507 e. The molecule has 1 amide bonds. The first-order valence-corrected chi connectivity index (χ1v) is 17.4. The lowest BCUT2D eigenvalue weighted by atomic mass is 9.91. The number of anilines is 5. The maximum Gasteiger partial charge on any atom is 0.259 e. The van der Waals surface area contributed by atoms with E-state index in [1.54, 1.807) is 24.3 Å². The van der Waals surface area contributed by atoms with Crippen molar-refractivity contribution < 1.29 is 9.90 Å². The van der Waals surface area contributed by atoms with Crippen molar-refractivity contribution in [3.05, 3.63) is 181 Å². The molecule has 0 saturated heterocycles. The summed E-state index contributed by atoms with van der Waals surface area (Å²) in [6.07, 6.45) is 0. The van der Waals surface area contributed by atoms with Crippen LogP contribution in [0.1, 0.15) is 10.4 Å². The van der Waals surface area contributed by atoms with Crippen LogP contribution in [0.4, 0.5) is 28.4 Å². The lowest BCUT2D eigenvalue weighted by Crippen LogP contribution is -2.11. The molecule has 0 radical (unpaired) electrons. The van der Waals surface area contributed by atoms with Crippen LogP contribution >= 0.6 is 0 Å². The van der Waals surface area contributed by atoms with Crippen molar-refractivity contribution in [2.45, 2.75) is 0 Å². The summed E-state index contributed by atoms with van der Waals surface area (Å²) in [6, 6.07) is 56.2. The van der Waals surface area contributed by atoms with Gasteiger partial charge in [-0.25, -0.2) is 0 Å². The van der Waals surface area contributed by atoms with Gasteiger partial charge in [0, 0.05) is 45.0 Å². The number of rotatable bonds is 3. The van der Waals surface area contributed by atoms with Gasteiger partial charge in [0.15, 0.2) is 0 Å². The van der Waals surface area contributed by atoms with Gasteiger partial charge in [0.05, 0.1) is 5.56 Å². The second-order valence-corrected chi connectivity index (χ2v) is 12.8. The number of benzene rings is 9. The smallest absolute Gasteiger partial charge is 0.259 e. The molecule has 54 heavy (non-hydrogen) atoms. The Kier molecular flexibility index (Phi) is 9.95. The number of para-hydroxylation sites is 1. The molecule has 0 aromatic heterocycles. The molecular weight excluding hydrogens is 667 g/mol. The zero-order valence-corrected chi connectivity index (χ0v) is 29.4. The Morgan fingerprint density at radius 2 is 0.870 bits per heavy atom. The lowest BCUT2D eigenvalue weighted by Gasteiger charge is -2.15. The molecule has 264 valence electrons. The zero-order valence-electron chi connectivity index (χ0n) is 29.4. The third kappa shape index (κ3) is 7.28. The maximum absolute atomic E-state index is 12.2. The Hall–Kier alpha value is -7.51. The summed E-state index contributed by atoms with van der Waals surface area (Å²) in [5.74, 6) is -0.336. The summed E-state index contributed by atoms with van der Waals surface area (Å²) in [5.41, 5.74) is 30.2. The number of hydrogen-bond acceptors (Lipinski definition) is 6. The van der Waals surface area contributed by atoms with E-state index in [9.17, 15) is 9.90 Å². The lowest BCUT2D eigenvalue weighted by molar-refractivity contribution is 0.102. The molecule has 7 nitrogen and oxygen atoms in total. The highest BCUT2D eigenvalue weighted by molar-refractivity contribution is 6.13. The molecule has 0 spiro atoms. The van der Waals surface area contributed by atoms with Crippen LogP contribution < -0.4 is 28.3 Å². The molecule has 9 aromatic rings. The third-order valence-electron chi connectivity index (χ3n) is 9.28. The third-order valence-corrected chi connectivity index (χ3v) is 9.28. The van der Waals surface area contributed by atoms with Crippen LogP contribution in [0.5, 0.6) is 5.75 Å². The second kappa shape index (κ2) is 15.4. The van der Waals surface area contributed by atoms with Crippen molar-refractivity contribution in [3.8, 4) is 16.9 Å². The van der Waals surface area contributed by atoms with Crippen LogP contribution in [0.3, 0.4) is 0 Å². The monoisotopic (exact) mass is 705 g/mol. The van der Waals surface area contributed by atoms with E-state index >= 15 is 0 Å². The molecule has 0 heterocycles. The van der Waals surface area contributed by atoms with Crippen LogP contribution in [0.25, 0.3) is 54.2 Å². The van der Waals surface area contributed by atoms with E-state index in [1.165, 1.54) is 10.8 Å². The van der Waals surface area contributed by atoms with Crippen molar-refractivity contribution in [2.24, 2.45) is 0 Å². The number of phenolic OH excluding ortho intramolecular Hbond substituents is 1. The summed E-state index contributed by atoms with van der Waals surface area (Å²) in [7, 11) is 0. The van der Waals surface area contributed by atoms with E-state index in [0.29, 0.717) is 5.69 Å². The number of carbonyl (C=O) groups excluding carboxylic acids is 1. The van der Waals surface area contributed by atoms with E-state index < -0.39 is 0 Å². The number of nitrogens with two attached hydrogens (primary N) is 4. The summed E-state index contributed by atoms with van der Waals surface area (Å²) in [5, 5.41) is 21.2. The number of hydrogen-bond donors (Lipinski definition) is 6. The first kappa shape index (κ1) is 34.9. The number of carbonyl (C=O) groups is 1. The van der Waals surface area contributed by atoms with Crippen LogP contribution in [-0.2, 0) is 0 Å². The Morgan fingerprint density at radius 1 is 0.426 bits per heavy atom. The molecule has 0 bridgehead atoms. The fraction of sp³-hybridized carbons (Fsp3) is 0. The van der Waals surface area contributed by atoms with E-state index in [4.69, 9.17) is 22.9 Å². The number of fused-ring (bicyclic) bond motifs is 4. The van der Waals surface area contributed by atoms with Crippen LogP contribution in [0.15, 0.2) is 176 Å². The fourth-order valence-corrected chi connectivity index (χ4v) is 6.66. The van der Waals surface area contributed by atoms with Crippen LogP contribution in [0.2, 0.25) is 0 Å². The number of phenols is 1. The van der Waals surface area contributed by atoms with Crippen molar-refractivity contribution >= 4 is 77.4 Å². The van der Waals surface area contributed by atoms with Gasteiger partial charge < -0.3 is 33.4 Å². The molecular formula is C47H39N5O2. The van der Waals surface area contributed by atoms with Gasteiger partial charge in [-0.3, -0.25) is 4.79 Å². The van der Waals surface area contributed by atoms with Gasteiger partial charge in [0.2, 0.25) is 0 Å². The highest BCUT2D eigenvalue weighted by Crippen LogP contribution is 2.41. The number of nitrogens with one attached hydrogen (secondary N) is 1. The van der Waals surface area contributed by atoms with E-state index in [1.807, 2.05) is 115 Å². The molecule has 7 heteroatoms. The van der Waals surface area contributed by atoms with Gasteiger partial charge in [-0.15, -0.1) is 0 Å². The molecule has 10 N–H and O–H groups in total. The van der Waals surface area contributed by atoms with E-state index in [0.717, 1.165) is 66.2 Å². The van der Waals surface area contributed by atoms with Crippen molar-refractivity contribution in [2.75, 3.05) is 28.3 Å². The molecule has 0 aliphatic rings. The summed E-state index contributed by atoms with van der Waals surface area (Å²) in [6.45, 7) is 0. The standard InChI is InChI=1S/C20H16N2.C17H13NO2.C10H10N2/c21-17-11-9-13-5-1-3-7-15(13)19(17)20-16-8-4-2-6-14(16)10-12-18(20)22;19-16-11-13-7-5-4-6-12(13)10-15(16)17(20)18-14-8-2-1-3-9-14;11-8-5-1-3-7-4-2-6-9(12)10(7)8/h1-12H,21-22H2;1-11,19H,(H,18,20);1-6H,11-12H2. The molecule has 0 saturated carbocycles. The van der Waals surface area contributed by atoms with E-state index in [2.05, 4.69) is 41.7 Å². The minimum atomic E-state index is -0.320. The minimum Gasteiger partial charge on any atom is -0.507 e. The molecule has 0 fully saturated rings. The topological polar surface area (TPSA) is 153 Å². The van der Waals surface area contributed by atoms with Gasteiger partial charge in [-0.2, -0.15) is 0 Å². The Bertz CT molecular complexity index is 2660. The molecule has 0 atom stereocenters. The average molecular weight is 706 g/mol. The first-order valence-electron chi connectivity index (χ1n) is 17.4. The first-order chi connectivity index (χ1) is 26.3. The van der Waals surface area contributed by atoms with Crippen molar-refractivity contribution in [1.82, 2.24) is 0 Å². The second-order valence-electron chi connectivity index (χ2n) is 12.8.